The van der Waals surface area contributed by atoms with Crippen molar-refractivity contribution < 1.29 is 9.53 Å². The predicted molar refractivity (Wildman–Crippen MR) is 49.1 cm³/mol. The van der Waals surface area contributed by atoms with E-state index in [0.717, 1.165) is 0 Å². The van der Waals surface area contributed by atoms with Crippen molar-refractivity contribution in [2.24, 2.45) is 0 Å². The van der Waals surface area contributed by atoms with E-state index in [0.29, 0.717) is 6.61 Å². The van der Waals surface area contributed by atoms with Crippen molar-refractivity contribution in [3.8, 4) is 11.8 Å². The van der Waals surface area contributed by atoms with Gasteiger partial charge in [0.25, 0.3) is 0 Å². The summed E-state index contributed by atoms with van der Waals surface area (Å²) in [5.74, 6) is 4.67. The molecular weight excluding hydrogens is 199 g/mol. The van der Waals surface area contributed by atoms with Crippen LogP contribution in [-0.4, -0.2) is 18.5 Å². The molecule has 0 aliphatic rings. The van der Waals surface area contributed by atoms with Crippen molar-refractivity contribution in [2.45, 2.75) is 6.92 Å². The van der Waals surface area contributed by atoms with Gasteiger partial charge in [-0.1, -0.05) is 23.4 Å². The van der Waals surface area contributed by atoms with Crippen LogP contribution in [0.15, 0.2) is 11.1 Å². The van der Waals surface area contributed by atoms with E-state index < -0.39 is 5.97 Å². The van der Waals surface area contributed by atoms with Gasteiger partial charge in [0.2, 0.25) is 0 Å². The molecule has 66 valence electrons. The number of esters is 1. The van der Waals surface area contributed by atoms with Crippen molar-refractivity contribution in [1.82, 2.24) is 0 Å². The molecule has 0 bridgehead atoms. The minimum absolute atomic E-state index is 0.0329. The summed E-state index contributed by atoms with van der Waals surface area (Å²) in [6.07, 6.45) is 1.27. The van der Waals surface area contributed by atoms with E-state index >= 15 is 0 Å². The van der Waals surface area contributed by atoms with Crippen molar-refractivity contribution >= 4 is 29.2 Å². The van der Waals surface area contributed by atoms with Crippen LogP contribution in [0.3, 0.4) is 0 Å². The van der Waals surface area contributed by atoms with Crippen LogP contribution in [0.4, 0.5) is 0 Å². The molecule has 0 aromatic rings. The molecule has 12 heavy (non-hydrogen) atoms. The first-order valence-corrected chi connectivity index (χ1v) is 4.20. The van der Waals surface area contributed by atoms with Gasteiger partial charge in [0.15, 0.2) is 0 Å². The first-order chi connectivity index (χ1) is 5.72. The van der Waals surface area contributed by atoms with Crippen molar-refractivity contribution in [3.63, 3.8) is 0 Å². The van der Waals surface area contributed by atoms with Gasteiger partial charge >= 0.3 is 5.97 Å². The van der Waals surface area contributed by atoms with E-state index in [9.17, 15) is 4.79 Å². The molecule has 0 aliphatic heterocycles. The number of hydrogen-bond donors (Lipinski definition) is 0. The van der Waals surface area contributed by atoms with E-state index in [1.807, 2.05) is 0 Å². The summed E-state index contributed by atoms with van der Waals surface area (Å²) >= 11 is 10.8. The molecule has 0 unspecified atom stereocenters. The Balaban J connectivity index is 4.08. The summed E-state index contributed by atoms with van der Waals surface area (Å²) in [6.45, 7) is 2.00. The Hall–Kier alpha value is -0.650. The standard InChI is InChI=1S/C8H8Cl2O2/c1-2-12-8(11)7(10)5-3-4-6-9/h5H,2,6H2,1H3. The van der Waals surface area contributed by atoms with E-state index in [4.69, 9.17) is 23.2 Å². The lowest BCUT2D eigenvalue weighted by molar-refractivity contribution is -0.137. The summed E-state index contributed by atoms with van der Waals surface area (Å²) in [7, 11) is 0. The predicted octanol–water partition coefficient (Wildman–Crippen LogP) is 1.91. The molecule has 0 saturated heterocycles. The zero-order chi connectivity index (χ0) is 9.40. The maximum atomic E-state index is 10.8. The molecule has 2 nitrogen and oxygen atoms in total. The van der Waals surface area contributed by atoms with Crippen LogP contribution in [0, 0.1) is 11.8 Å². The highest BCUT2D eigenvalue weighted by atomic mass is 35.5. The quantitative estimate of drug-likeness (QED) is 0.299. The molecule has 0 N–H and O–H groups in total. The van der Waals surface area contributed by atoms with Gasteiger partial charge in [-0.25, -0.2) is 4.79 Å². The van der Waals surface area contributed by atoms with Crippen LogP contribution >= 0.6 is 23.2 Å². The van der Waals surface area contributed by atoms with E-state index in [2.05, 4.69) is 16.6 Å². The fourth-order valence-corrected chi connectivity index (χ4v) is 0.598. The van der Waals surface area contributed by atoms with Crippen LogP contribution in [0.5, 0.6) is 0 Å². The molecule has 0 aliphatic carbocycles. The van der Waals surface area contributed by atoms with Gasteiger partial charge in [-0.05, 0) is 6.92 Å². The Bertz CT molecular complexity index is 235. The average molecular weight is 207 g/mol. The fraction of sp³-hybridized carbons (Fsp3) is 0.375. The molecule has 0 aromatic heterocycles. The molecule has 0 heterocycles. The summed E-state index contributed by atoms with van der Waals surface area (Å²) in [6, 6.07) is 0. The van der Waals surface area contributed by atoms with Crippen molar-refractivity contribution in [1.29, 1.82) is 0 Å². The third-order valence-electron chi connectivity index (χ3n) is 0.838. The third kappa shape index (κ3) is 5.06. The average Bonchev–Trinajstić information content (AvgIpc) is 2.05. The van der Waals surface area contributed by atoms with Crippen LogP contribution < -0.4 is 0 Å². The first-order valence-electron chi connectivity index (χ1n) is 3.29. The Morgan fingerprint density at radius 3 is 2.83 bits per heavy atom. The minimum atomic E-state index is -0.567. The molecule has 0 radical (unpaired) electrons. The van der Waals surface area contributed by atoms with Gasteiger partial charge in [0.1, 0.15) is 5.03 Å². The molecule has 0 saturated carbocycles. The number of carbonyl (C=O) groups is 1. The highest BCUT2D eigenvalue weighted by molar-refractivity contribution is 6.41. The number of halogens is 2. The lowest BCUT2D eigenvalue weighted by Gasteiger charge is -1.96. The molecule has 4 heteroatoms. The maximum Gasteiger partial charge on any atom is 0.350 e. The molecular formula is C8H8Cl2O2. The second-order valence-corrected chi connectivity index (χ2v) is 2.34. The zero-order valence-corrected chi connectivity index (χ0v) is 8.08. The molecule has 0 spiro atoms. The number of alkyl halides is 1. The summed E-state index contributed by atoms with van der Waals surface area (Å²) in [5, 5.41) is -0.0329. The Morgan fingerprint density at radius 2 is 2.33 bits per heavy atom. The first kappa shape index (κ1) is 11.4. The highest BCUT2D eigenvalue weighted by Crippen LogP contribution is 2.02. The molecule has 0 atom stereocenters. The van der Waals surface area contributed by atoms with Gasteiger partial charge in [0.05, 0.1) is 12.5 Å². The number of hydrogen-bond acceptors (Lipinski definition) is 2. The smallest absolute Gasteiger partial charge is 0.350 e. The number of ether oxygens (including phenoxy) is 1. The van der Waals surface area contributed by atoms with Gasteiger partial charge in [-0.2, -0.15) is 0 Å². The van der Waals surface area contributed by atoms with Gasteiger partial charge in [0, 0.05) is 6.08 Å². The van der Waals surface area contributed by atoms with Gasteiger partial charge in [-0.15, -0.1) is 11.6 Å². The maximum absolute atomic E-state index is 10.8. The number of allylic oxidation sites excluding steroid dienone is 1. The third-order valence-corrected chi connectivity index (χ3v) is 1.24. The minimum Gasteiger partial charge on any atom is -0.462 e. The number of carbonyl (C=O) groups excluding carboxylic acids is 1. The summed E-state index contributed by atoms with van der Waals surface area (Å²) in [4.78, 5) is 10.8. The van der Waals surface area contributed by atoms with Crippen molar-refractivity contribution in [2.75, 3.05) is 12.5 Å². The van der Waals surface area contributed by atoms with Crippen LogP contribution in [-0.2, 0) is 9.53 Å². The molecule has 0 rings (SSSR count). The topological polar surface area (TPSA) is 26.3 Å². The SMILES string of the molecule is CCOC(=O)C(Cl)=CC#CCCl. The van der Waals surface area contributed by atoms with Crippen LogP contribution in [0.1, 0.15) is 6.92 Å². The second-order valence-electron chi connectivity index (χ2n) is 1.67. The summed E-state index contributed by atoms with van der Waals surface area (Å²) < 4.78 is 4.59. The molecule has 0 aromatic carbocycles. The van der Waals surface area contributed by atoms with Crippen LogP contribution in [0.2, 0.25) is 0 Å². The normalized spacial score (nSPS) is 10.1. The second kappa shape index (κ2) is 7.02. The van der Waals surface area contributed by atoms with Crippen molar-refractivity contribution in [3.05, 3.63) is 11.1 Å². The lowest BCUT2D eigenvalue weighted by atomic mass is 10.5. The Kier molecular flexibility index (Phi) is 6.64. The van der Waals surface area contributed by atoms with E-state index in [1.165, 1.54) is 6.08 Å². The lowest BCUT2D eigenvalue weighted by Crippen LogP contribution is -2.03. The van der Waals surface area contributed by atoms with Gasteiger partial charge < -0.3 is 4.74 Å². The van der Waals surface area contributed by atoms with Crippen LogP contribution in [0.25, 0.3) is 0 Å². The van der Waals surface area contributed by atoms with E-state index in [-0.39, 0.29) is 10.9 Å². The molecule has 0 amide bonds. The molecule has 0 fully saturated rings. The fourth-order valence-electron chi connectivity index (χ4n) is 0.412. The highest BCUT2D eigenvalue weighted by Gasteiger charge is 2.04. The van der Waals surface area contributed by atoms with E-state index in [1.54, 1.807) is 6.92 Å². The Morgan fingerprint density at radius 1 is 1.67 bits per heavy atom. The van der Waals surface area contributed by atoms with Gasteiger partial charge in [-0.3, -0.25) is 0 Å². The largest absolute Gasteiger partial charge is 0.462 e. The number of rotatable bonds is 2. The Labute approximate surface area is 81.5 Å². The summed E-state index contributed by atoms with van der Waals surface area (Å²) in [5.41, 5.74) is 0. The zero-order valence-electron chi connectivity index (χ0n) is 6.56. The monoisotopic (exact) mass is 206 g/mol.